The molecule has 0 atom stereocenters. The van der Waals surface area contributed by atoms with E-state index in [0.29, 0.717) is 11.4 Å². The van der Waals surface area contributed by atoms with Crippen molar-refractivity contribution < 1.29 is 18.3 Å². The topological polar surface area (TPSA) is 56.2 Å². The molecule has 0 saturated heterocycles. The van der Waals surface area contributed by atoms with Crippen molar-refractivity contribution in [3.63, 3.8) is 0 Å². The van der Waals surface area contributed by atoms with Crippen LogP contribution >= 0.6 is 0 Å². The van der Waals surface area contributed by atoms with Crippen molar-refractivity contribution in [1.82, 2.24) is 9.78 Å². The predicted molar refractivity (Wildman–Crippen MR) is 73.9 cm³/mol. The Morgan fingerprint density at radius 3 is 2.62 bits per heavy atom. The third kappa shape index (κ3) is 4.72. The highest BCUT2D eigenvalue weighted by atomic mass is 19.3. The summed E-state index contributed by atoms with van der Waals surface area (Å²) in [5.41, 5.74) is 0.688. The molecule has 0 saturated carbocycles. The molecule has 21 heavy (non-hydrogen) atoms. The Balaban J connectivity index is 1.92. The van der Waals surface area contributed by atoms with Crippen molar-refractivity contribution in [2.24, 2.45) is 7.05 Å². The van der Waals surface area contributed by atoms with Gasteiger partial charge in [0.05, 0.1) is 0 Å². The highest BCUT2D eigenvalue weighted by Gasteiger charge is 2.03. The van der Waals surface area contributed by atoms with Gasteiger partial charge in [0.15, 0.2) is 5.82 Å². The number of hydrogen-bond acceptors (Lipinski definition) is 3. The van der Waals surface area contributed by atoms with Crippen LogP contribution < -0.4 is 10.1 Å². The quantitative estimate of drug-likeness (QED) is 0.862. The van der Waals surface area contributed by atoms with Crippen LogP contribution in [0.1, 0.15) is 5.56 Å². The van der Waals surface area contributed by atoms with E-state index in [4.69, 9.17) is 0 Å². The van der Waals surface area contributed by atoms with Crippen LogP contribution in [0.15, 0.2) is 42.6 Å². The molecule has 0 radical (unpaired) electrons. The van der Waals surface area contributed by atoms with E-state index in [0.717, 1.165) is 0 Å². The first-order valence-electron chi connectivity index (χ1n) is 6.06. The number of carbonyl (C=O) groups is 1. The summed E-state index contributed by atoms with van der Waals surface area (Å²) in [6.45, 7) is -2.85. The monoisotopic (exact) mass is 293 g/mol. The van der Waals surface area contributed by atoms with Crippen LogP contribution in [0.3, 0.4) is 0 Å². The van der Waals surface area contributed by atoms with E-state index in [9.17, 15) is 13.6 Å². The third-order valence-corrected chi connectivity index (χ3v) is 2.50. The van der Waals surface area contributed by atoms with Crippen molar-refractivity contribution in [3.05, 3.63) is 48.2 Å². The molecule has 0 fully saturated rings. The molecule has 0 aliphatic heterocycles. The Labute approximate surface area is 119 Å². The molecule has 2 rings (SSSR count). The summed E-state index contributed by atoms with van der Waals surface area (Å²) in [7, 11) is 1.74. The average molecular weight is 293 g/mol. The summed E-state index contributed by atoms with van der Waals surface area (Å²) in [6.07, 6.45) is 4.60. The minimum atomic E-state index is -2.85. The normalized spacial score (nSPS) is 11.0. The number of anilines is 1. The molecular weight excluding hydrogens is 280 g/mol. The standard InChI is InChI=1S/C14H13F2N3O2/c1-19-9-8-12(18-19)17-13(20)7-4-10-2-5-11(6-3-10)21-14(15)16/h2-9,14H,1H3,(H,17,18,20)/b7-4-. The largest absolute Gasteiger partial charge is 0.435 e. The van der Waals surface area contributed by atoms with Crippen LogP contribution in [0.4, 0.5) is 14.6 Å². The van der Waals surface area contributed by atoms with Gasteiger partial charge in [-0.1, -0.05) is 12.1 Å². The molecular formula is C14H13F2N3O2. The maximum atomic E-state index is 12.0. The first kappa shape index (κ1) is 14.7. The number of rotatable bonds is 5. The molecule has 0 aliphatic carbocycles. The van der Waals surface area contributed by atoms with Gasteiger partial charge >= 0.3 is 6.61 Å². The van der Waals surface area contributed by atoms with Crippen LogP contribution in [0.25, 0.3) is 6.08 Å². The van der Waals surface area contributed by atoms with Crippen LogP contribution in [0, 0.1) is 0 Å². The van der Waals surface area contributed by atoms with Gasteiger partial charge in [-0.15, -0.1) is 0 Å². The fraction of sp³-hybridized carbons (Fsp3) is 0.143. The summed E-state index contributed by atoms with van der Waals surface area (Å²) in [5, 5.41) is 6.60. The Morgan fingerprint density at radius 1 is 1.33 bits per heavy atom. The molecule has 2 aromatic rings. The smallest absolute Gasteiger partial charge is 0.387 e. The highest BCUT2D eigenvalue weighted by Crippen LogP contribution is 2.15. The van der Waals surface area contributed by atoms with Crippen molar-refractivity contribution in [2.45, 2.75) is 6.61 Å². The number of ether oxygens (including phenoxy) is 1. The average Bonchev–Trinajstić information content (AvgIpc) is 2.83. The van der Waals surface area contributed by atoms with E-state index in [-0.39, 0.29) is 11.7 Å². The van der Waals surface area contributed by atoms with Crippen LogP contribution in [-0.2, 0) is 11.8 Å². The predicted octanol–water partition coefficient (Wildman–Crippen LogP) is 2.67. The number of benzene rings is 1. The number of nitrogens with one attached hydrogen (secondary N) is 1. The molecule has 7 heteroatoms. The van der Waals surface area contributed by atoms with E-state index in [1.807, 2.05) is 0 Å². The molecule has 1 N–H and O–H groups in total. The Bertz CT molecular complexity index is 636. The summed E-state index contributed by atoms with van der Waals surface area (Å²) in [6, 6.07) is 7.62. The lowest BCUT2D eigenvalue weighted by atomic mass is 10.2. The number of nitrogens with zero attached hydrogens (tertiary/aromatic N) is 2. The SMILES string of the molecule is Cn1ccc(NC(=O)/C=C\c2ccc(OC(F)F)cc2)n1. The maximum Gasteiger partial charge on any atom is 0.387 e. The van der Waals surface area contributed by atoms with Crippen molar-refractivity contribution in [1.29, 1.82) is 0 Å². The number of carbonyl (C=O) groups excluding carboxylic acids is 1. The molecule has 1 heterocycles. The Kier molecular flexibility index (Phi) is 4.65. The molecule has 5 nitrogen and oxygen atoms in total. The second kappa shape index (κ2) is 6.65. The van der Waals surface area contributed by atoms with E-state index >= 15 is 0 Å². The van der Waals surface area contributed by atoms with Crippen LogP contribution in [-0.4, -0.2) is 22.3 Å². The van der Waals surface area contributed by atoms with Crippen LogP contribution in [0.2, 0.25) is 0 Å². The molecule has 0 aliphatic rings. The number of hydrogen-bond donors (Lipinski definition) is 1. The van der Waals surface area contributed by atoms with Crippen molar-refractivity contribution in [3.8, 4) is 5.75 Å². The molecule has 0 unspecified atom stereocenters. The van der Waals surface area contributed by atoms with Crippen molar-refractivity contribution in [2.75, 3.05) is 5.32 Å². The number of amides is 1. The zero-order valence-electron chi connectivity index (χ0n) is 11.2. The van der Waals surface area contributed by atoms with Gasteiger partial charge in [0.1, 0.15) is 5.75 Å². The second-order valence-corrected chi connectivity index (χ2v) is 4.14. The second-order valence-electron chi connectivity index (χ2n) is 4.14. The van der Waals surface area contributed by atoms with E-state index in [1.54, 1.807) is 42.2 Å². The first-order chi connectivity index (χ1) is 10.0. The van der Waals surface area contributed by atoms with Gasteiger partial charge in [-0.2, -0.15) is 13.9 Å². The fourth-order valence-electron chi connectivity index (χ4n) is 1.58. The van der Waals surface area contributed by atoms with E-state index in [1.165, 1.54) is 18.2 Å². The summed E-state index contributed by atoms with van der Waals surface area (Å²) >= 11 is 0. The third-order valence-electron chi connectivity index (χ3n) is 2.50. The molecule has 110 valence electrons. The minimum Gasteiger partial charge on any atom is -0.435 e. The molecule has 0 bridgehead atoms. The summed E-state index contributed by atoms with van der Waals surface area (Å²) in [4.78, 5) is 11.6. The van der Waals surface area contributed by atoms with Crippen LogP contribution in [0.5, 0.6) is 5.75 Å². The zero-order valence-corrected chi connectivity index (χ0v) is 11.2. The molecule has 1 amide bonds. The van der Waals surface area contributed by atoms with Gasteiger partial charge in [-0.25, -0.2) is 0 Å². The Morgan fingerprint density at radius 2 is 2.05 bits per heavy atom. The van der Waals surface area contributed by atoms with E-state index < -0.39 is 6.61 Å². The Hall–Kier alpha value is -2.70. The lowest BCUT2D eigenvalue weighted by Crippen LogP contribution is -2.08. The van der Waals surface area contributed by atoms with E-state index in [2.05, 4.69) is 15.2 Å². The summed E-state index contributed by atoms with van der Waals surface area (Å²) < 4.78 is 29.8. The van der Waals surface area contributed by atoms with Crippen molar-refractivity contribution >= 4 is 17.8 Å². The number of aromatic nitrogens is 2. The minimum absolute atomic E-state index is 0.0695. The van der Waals surface area contributed by atoms with Gasteiger partial charge in [0, 0.05) is 25.4 Å². The first-order valence-corrected chi connectivity index (χ1v) is 6.06. The lowest BCUT2D eigenvalue weighted by molar-refractivity contribution is -0.111. The number of alkyl halides is 2. The summed E-state index contributed by atoms with van der Waals surface area (Å²) in [5.74, 6) is 0.189. The molecule has 0 spiro atoms. The van der Waals surface area contributed by atoms with Gasteiger partial charge in [-0.3, -0.25) is 9.48 Å². The maximum absolute atomic E-state index is 12.0. The van der Waals surface area contributed by atoms with Gasteiger partial charge in [0.25, 0.3) is 0 Å². The van der Waals surface area contributed by atoms with Gasteiger partial charge in [-0.05, 0) is 23.8 Å². The fourth-order valence-corrected chi connectivity index (χ4v) is 1.58. The van der Waals surface area contributed by atoms with Gasteiger partial charge in [0.2, 0.25) is 5.91 Å². The molecule has 1 aromatic heterocycles. The van der Waals surface area contributed by atoms with Gasteiger partial charge < -0.3 is 10.1 Å². The zero-order chi connectivity index (χ0) is 15.2. The lowest BCUT2D eigenvalue weighted by Gasteiger charge is -2.03. The number of aryl methyl sites for hydroxylation is 1. The molecule has 1 aromatic carbocycles. The number of halogens is 2. The highest BCUT2D eigenvalue weighted by molar-refractivity contribution is 6.01.